The molecule has 2 aliphatic heterocycles. The number of amides is 2. The molecule has 188 valence electrons. The molecule has 3 N–H and O–H groups in total. The van der Waals surface area contributed by atoms with Gasteiger partial charge in [-0.05, 0) is 55.9 Å². The molecular weight excluding hydrogens is 451 g/mol. The summed E-state index contributed by atoms with van der Waals surface area (Å²) in [5, 5.41) is 15.8. The summed E-state index contributed by atoms with van der Waals surface area (Å²) in [4.78, 5) is 36.3. The van der Waals surface area contributed by atoms with Crippen LogP contribution in [0.3, 0.4) is 0 Å². The summed E-state index contributed by atoms with van der Waals surface area (Å²) in [6.07, 6.45) is 1.66. The topological polar surface area (TPSA) is 111 Å². The van der Waals surface area contributed by atoms with E-state index in [2.05, 4.69) is 20.6 Å². The average Bonchev–Trinajstić information content (AvgIpc) is 3.03. The zero-order chi connectivity index (χ0) is 25.5. The molecule has 9 nitrogen and oxygen atoms in total. The Morgan fingerprint density at radius 3 is 2.69 bits per heavy atom. The number of aryl methyl sites for hydroxylation is 1. The fourth-order valence-electron chi connectivity index (χ4n) is 5.46. The van der Waals surface area contributed by atoms with E-state index >= 15 is 0 Å². The quantitative estimate of drug-likeness (QED) is 0.584. The summed E-state index contributed by atoms with van der Waals surface area (Å²) in [5.74, 6) is -0.307. The lowest BCUT2D eigenvalue weighted by Gasteiger charge is -2.54. The molecule has 4 rings (SSSR count). The molecule has 0 saturated carbocycles. The number of nitrogens with one attached hydrogen (secondary N) is 2. The van der Waals surface area contributed by atoms with Gasteiger partial charge in [0.1, 0.15) is 0 Å². The van der Waals surface area contributed by atoms with Crippen LogP contribution in [0.1, 0.15) is 56.5 Å². The van der Waals surface area contributed by atoms with Gasteiger partial charge in [-0.25, -0.2) is 14.2 Å². The Balaban J connectivity index is 1.61. The first kappa shape index (κ1) is 24.7. The van der Waals surface area contributed by atoms with Crippen LogP contribution >= 0.6 is 0 Å². The van der Waals surface area contributed by atoms with Crippen LogP contribution in [0.25, 0.3) is 0 Å². The SMILES string of the molecule is CCNC(=O)c1ccc(Nc2ncc(F)c(N3CC4CCC(C(C)(C)C)(C3)N4C(=O)O)n2)cc1C. The Morgan fingerprint density at radius 1 is 1.31 bits per heavy atom. The van der Waals surface area contributed by atoms with Crippen LogP contribution in [0, 0.1) is 18.2 Å². The Morgan fingerprint density at radius 2 is 2.06 bits per heavy atom. The van der Waals surface area contributed by atoms with Crippen LogP contribution in [0.2, 0.25) is 0 Å². The third-order valence-electron chi connectivity index (χ3n) is 7.29. The van der Waals surface area contributed by atoms with Crippen molar-refractivity contribution in [2.45, 2.75) is 59.0 Å². The van der Waals surface area contributed by atoms with Crippen LogP contribution < -0.4 is 15.5 Å². The highest BCUT2D eigenvalue weighted by Crippen LogP contribution is 2.50. The molecule has 2 amide bonds. The number of anilines is 3. The van der Waals surface area contributed by atoms with Gasteiger partial charge < -0.3 is 20.6 Å². The molecule has 2 saturated heterocycles. The molecule has 3 heterocycles. The minimum Gasteiger partial charge on any atom is -0.465 e. The summed E-state index contributed by atoms with van der Waals surface area (Å²) in [7, 11) is 0. The van der Waals surface area contributed by atoms with Crippen molar-refractivity contribution in [2.75, 3.05) is 29.9 Å². The Labute approximate surface area is 204 Å². The van der Waals surface area contributed by atoms with Crippen molar-refractivity contribution in [3.05, 3.63) is 41.3 Å². The Hall–Kier alpha value is -3.43. The molecule has 2 aliphatic rings. The molecular formula is C25H33FN6O3. The van der Waals surface area contributed by atoms with E-state index in [0.29, 0.717) is 30.9 Å². The minimum absolute atomic E-state index is 0.139. The number of halogens is 1. The number of rotatable bonds is 5. The second kappa shape index (κ2) is 8.98. The second-order valence-electron chi connectivity index (χ2n) is 10.4. The lowest BCUT2D eigenvalue weighted by atomic mass is 9.71. The van der Waals surface area contributed by atoms with Crippen molar-refractivity contribution in [3.63, 3.8) is 0 Å². The van der Waals surface area contributed by atoms with Crippen LogP contribution in [-0.2, 0) is 0 Å². The van der Waals surface area contributed by atoms with E-state index in [1.165, 1.54) is 0 Å². The molecule has 1 aromatic heterocycles. The first-order chi connectivity index (χ1) is 16.5. The highest BCUT2D eigenvalue weighted by molar-refractivity contribution is 5.96. The first-order valence-corrected chi connectivity index (χ1v) is 11.9. The molecule has 2 fully saturated rings. The number of benzene rings is 1. The lowest BCUT2D eigenvalue weighted by Crippen LogP contribution is -2.68. The highest BCUT2D eigenvalue weighted by Gasteiger charge is 2.59. The van der Waals surface area contributed by atoms with Gasteiger partial charge in [-0.2, -0.15) is 4.98 Å². The zero-order valence-electron chi connectivity index (χ0n) is 20.9. The van der Waals surface area contributed by atoms with E-state index in [0.717, 1.165) is 24.6 Å². The molecule has 1 aromatic carbocycles. The Kier molecular flexibility index (Phi) is 6.33. The maximum atomic E-state index is 15.0. The maximum absolute atomic E-state index is 15.0. The van der Waals surface area contributed by atoms with Gasteiger partial charge in [0.05, 0.1) is 17.8 Å². The molecule has 2 aromatic rings. The third kappa shape index (κ3) is 4.37. The van der Waals surface area contributed by atoms with Crippen LogP contribution in [0.5, 0.6) is 0 Å². The molecule has 10 heteroatoms. The van der Waals surface area contributed by atoms with Gasteiger partial charge in [0.2, 0.25) is 5.95 Å². The predicted octanol–water partition coefficient (Wildman–Crippen LogP) is 4.16. The molecule has 0 aliphatic carbocycles. The third-order valence-corrected chi connectivity index (χ3v) is 7.29. The molecule has 2 atom stereocenters. The average molecular weight is 485 g/mol. The van der Waals surface area contributed by atoms with Crippen molar-refractivity contribution in [1.82, 2.24) is 20.2 Å². The fraction of sp³-hybridized carbons (Fsp3) is 0.520. The van der Waals surface area contributed by atoms with Gasteiger partial charge in [0.25, 0.3) is 5.91 Å². The number of fused-ring (bicyclic) bond motifs is 2. The van der Waals surface area contributed by atoms with Gasteiger partial charge in [0, 0.05) is 30.9 Å². The number of nitrogens with zero attached hydrogens (tertiary/aromatic N) is 4. The Bertz CT molecular complexity index is 1150. The number of aromatic nitrogens is 2. The number of carbonyl (C=O) groups is 2. The van der Waals surface area contributed by atoms with Gasteiger partial charge in [0.15, 0.2) is 11.6 Å². The summed E-state index contributed by atoms with van der Waals surface area (Å²) >= 11 is 0. The predicted molar refractivity (Wildman–Crippen MR) is 132 cm³/mol. The highest BCUT2D eigenvalue weighted by atomic mass is 19.1. The lowest BCUT2D eigenvalue weighted by molar-refractivity contribution is 0.00510. The summed E-state index contributed by atoms with van der Waals surface area (Å²) in [5.41, 5.74) is 1.06. The molecule has 0 radical (unpaired) electrons. The van der Waals surface area contributed by atoms with E-state index in [1.54, 1.807) is 17.0 Å². The number of hydrogen-bond acceptors (Lipinski definition) is 6. The summed E-state index contributed by atoms with van der Waals surface area (Å²) in [6, 6.07) is 5.07. The van der Waals surface area contributed by atoms with Crippen LogP contribution in [0.15, 0.2) is 24.4 Å². The van der Waals surface area contributed by atoms with E-state index in [9.17, 15) is 19.1 Å². The van der Waals surface area contributed by atoms with Crippen molar-refractivity contribution in [1.29, 1.82) is 0 Å². The number of hydrogen-bond donors (Lipinski definition) is 3. The van der Waals surface area contributed by atoms with E-state index in [4.69, 9.17) is 0 Å². The summed E-state index contributed by atoms with van der Waals surface area (Å²) in [6.45, 7) is 11.1. The normalized spacial score (nSPS) is 21.7. The second-order valence-corrected chi connectivity index (χ2v) is 10.4. The molecule has 0 spiro atoms. The standard InChI is InChI=1S/C25H33FN6O3/c1-6-27-21(33)18-8-7-16(11-15(18)2)29-22-28-12-19(26)20(30-22)31-13-17-9-10-25(14-31,24(3,4)5)32(17)23(34)35/h7-8,11-12,17H,6,9-10,13-14H2,1-5H3,(H,27,33)(H,34,35)(H,28,29,30). The molecule has 2 bridgehead atoms. The smallest absolute Gasteiger partial charge is 0.408 e. The van der Waals surface area contributed by atoms with Crippen molar-refractivity contribution in [2.24, 2.45) is 5.41 Å². The summed E-state index contributed by atoms with van der Waals surface area (Å²) < 4.78 is 15.0. The maximum Gasteiger partial charge on any atom is 0.408 e. The first-order valence-electron chi connectivity index (χ1n) is 11.9. The van der Waals surface area contributed by atoms with Gasteiger partial charge >= 0.3 is 6.09 Å². The van der Waals surface area contributed by atoms with Crippen molar-refractivity contribution >= 4 is 29.5 Å². The zero-order valence-corrected chi connectivity index (χ0v) is 20.9. The van der Waals surface area contributed by atoms with Crippen molar-refractivity contribution in [3.8, 4) is 0 Å². The van der Waals surface area contributed by atoms with Gasteiger partial charge in [-0.15, -0.1) is 0 Å². The minimum atomic E-state index is -0.931. The van der Waals surface area contributed by atoms with Gasteiger partial charge in [-0.1, -0.05) is 20.8 Å². The fourth-order valence-corrected chi connectivity index (χ4v) is 5.46. The monoisotopic (exact) mass is 484 g/mol. The molecule has 35 heavy (non-hydrogen) atoms. The van der Waals surface area contributed by atoms with Gasteiger partial charge in [-0.3, -0.25) is 9.69 Å². The largest absolute Gasteiger partial charge is 0.465 e. The molecule has 2 unspecified atom stereocenters. The van der Waals surface area contributed by atoms with E-state index in [-0.39, 0.29) is 29.1 Å². The van der Waals surface area contributed by atoms with E-state index < -0.39 is 17.4 Å². The van der Waals surface area contributed by atoms with Crippen LogP contribution in [-0.4, -0.2) is 63.2 Å². The number of piperazine rings is 1. The van der Waals surface area contributed by atoms with Crippen LogP contribution in [0.4, 0.5) is 26.6 Å². The number of carboxylic acid groups (broad SMARTS) is 1. The number of carbonyl (C=O) groups excluding carboxylic acids is 1. The van der Waals surface area contributed by atoms with Crippen molar-refractivity contribution < 1.29 is 19.1 Å². The van der Waals surface area contributed by atoms with E-state index in [1.807, 2.05) is 45.6 Å².